The second-order valence-corrected chi connectivity index (χ2v) is 7.60. The number of hydrogen-bond acceptors (Lipinski definition) is 5. The van der Waals surface area contributed by atoms with Crippen LogP contribution in [-0.2, 0) is 11.3 Å². The number of amides is 1. The second-order valence-electron chi connectivity index (χ2n) is 7.17. The lowest BCUT2D eigenvalue weighted by atomic mass is 9.92. The molecule has 3 rings (SSSR count). The van der Waals surface area contributed by atoms with Gasteiger partial charge in [-0.25, -0.2) is 9.97 Å². The first-order chi connectivity index (χ1) is 13.6. The number of carbonyl (C=O) groups excluding carboxylic acids is 1. The monoisotopic (exact) mass is 401 g/mol. The smallest absolute Gasteiger partial charge is 0.220 e. The van der Waals surface area contributed by atoms with Crippen molar-refractivity contribution in [2.24, 2.45) is 5.92 Å². The van der Waals surface area contributed by atoms with Crippen molar-refractivity contribution >= 4 is 29.1 Å². The van der Waals surface area contributed by atoms with Crippen molar-refractivity contribution in [3.05, 3.63) is 47.2 Å². The highest BCUT2D eigenvalue weighted by Crippen LogP contribution is 2.25. The molecular weight excluding hydrogens is 374 g/mol. The van der Waals surface area contributed by atoms with Gasteiger partial charge in [-0.05, 0) is 49.8 Å². The summed E-state index contributed by atoms with van der Waals surface area (Å²) in [7, 11) is 0. The van der Waals surface area contributed by atoms with Gasteiger partial charge in [-0.3, -0.25) is 4.79 Å². The van der Waals surface area contributed by atoms with Crippen LogP contribution in [-0.4, -0.2) is 35.5 Å². The van der Waals surface area contributed by atoms with Gasteiger partial charge in [0.15, 0.2) is 0 Å². The maximum atomic E-state index is 12.2. The first kappa shape index (κ1) is 20.4. The number of aromatic nitrogens is 2. The largest absolute Gasteiger partial charge is 0.370 e. The number of benzene rings is 1. The quantitative estimate of drug-likeness (QED) is 0.702. The third kappa shape index (κ3) is 6.09. The molecule has 0 unspecified atom stereocenters. The average Bonchev–Trinajstić information content (AvgIpc) is 2.72. The minimum absolute atomic E-state index is 0.105. The maximum absolute atomic E-state index is 12.2. The van der Waals surface area contributed by atoms with Crippen LogP contribution in [0.5, 0.6) is 0 Å². The highest BCUT2D eigenvalue weighted by Gasteiger charge is 2.21. The van der Waals surface area contributed by atoms with Crippen molar-refractivity contribution in [2.45, 2.75) is 39.2 Å². The van der Waals surface area contributed by atoms with Gasteiger partial charge in [0.05, 0.1) is 0 Å². The summed E-state index contributed by atoms with van der Waals surface area (Å²) in [6, 6.07) is 9.59. The SMILES string of the molecule is CCNc1cc(N2CCC(CCC(=O)NCc3cccc(Cl)c3)CC2)ncn1. The van der Waals surface area contributed by atoms with Crippen LogP contribution in [0.4, 0.5) is 11.6 Å². The summed E-state index contributed by atoms with van der Waals surface area (Å²) < 4.78 is 0. The third-order valence-corrected chi connectivity index (χ3v) is 5.34. The van der Waals surface area contributed by atoms with E-state index in [9.17, 15) is 4.79 Å². The van der Waals surface area contributed by atoms with Gasteiger partial charge in [-0.15, -0.1) is 0 Å². The number of piperidine rings is 1. The third-order valence-electron chi connectivity index (χ3n) is 5.11. The van der Waals surface area contributed by atoms with Gasteiger partial charge in [0.1, 0.15) is 18.0 Å². The van der Waals surface area contributed by atoms with Gasteiger partial charge in [-0.2, -0.15) is 0 Å². The minimum Gasteiger partial charge on any atom is -0.370 e. The van der Waals surface area contributed by atoms with Crippen LogP contribution in [0.15, 0.2) is 36.7 Å². The van der Waals surface area contributed by atoms with Crippen LogP contribution in [0.1, 0.15) is 38.2 Å². The van der Waals surface area contributed by atoms with Crippen molar-refractivity contribution in [1.82, 2.24) is 15.3 Å². The zero-order chi connectivity index (χ0) is 19.8. The summed E-state index contributed by atoms with van der Waals surface area (Å²) in [5.74, 6) is 2.53. The molecule has 1 saturated heterocycles. The highest BCUT2D eigenvalue weighted by atomic mass is 35.5. The number of nitrogens with one attached hydrogen (secondary N) is 2. The molecule has 6 nitrogen and oxygen atoms in total. The normalized spacial score (nSPS) is 14.7. The summed E-state index contributed by atoms with van der Waals surface area (Å²) in [4.78, 5) is 23.1. The molecule has 150 valence electrons. The molecule has 0 aliphatic carbocycles. The molecule has 1 aliphatic rings. The van der Waals surface area contributed by atoms with Gasteiger partial charge in [0, 0.05) is 43.7 Å². The van der Waals surface area contributed by atoms with Crippen molar-refractivity contribution in [2.75, 3.05) is 29.9 Å². The molecule has 1 aliphatic heterocycles. The van der Waals surface area contributed by atoms with E-state index in [1.54, 1.807) is 6.33 Å². The van der Waals surface area contributed by atoms with E-state index in [1.807, 2.05) is 30.3 Å². The molecule has 0 spiro atoms. The highest BCUT2D eigenvalue weighted by molar-refractivity contribution is 6.30. The number of rotatable bonds is 8. The van der Waals surface area contributed by atoms with Gasteiger partial charge >= 0.3 is 0 Å². The molecule has 1 fully saturated rings. The molecule has 7 heteroatoms. The molecule has 0 radical (unpaired) electrons. The van der Waals surface area contributed by atoms with Crippen molar-refractivity contribution < 1.29 is 4.79 Å². The summed E-state index contributed by atoms with van der Waals surface area (Å²) in [6.45, 7) is 5.37. The Morgan fingerprint density at radius 1 is 1.25 bits per heavy atom. The molecule has 1 amide bonds. The molecule has 2 heterocycles. The summed E-state index contributed by atoms with van der Waals surface area (Å²) in [6.07, 6.45) is 5.29. The van der Waals surface area contributed by atoms with E-state index in [0.717, 1.165) is 56.1 Å². The first-order valence-corrected chi connectivity index (χ1v) is 10.3. The fourth-order valence-electron chi connectivity index (χ4n) is 3.52. The lowest BCUT2D eigenvalue weighted by molar-refractivity contribution is -0.121. The van der Waals surface area contributed by atoms with Crippen LogP contribution in [0.3, 0.4) is 0 Å². The fraction of sp³-hybridized carbons (Fsp3) is 0.476. The van der Waals surface area contributed by atoms with Gasteiger partial charge in [0.25, 0.3) is 0 Å². The van der Waals surface area contributed by atoms with Crippen LogP contribution in [0, 0.1) is 5.92 Å². The number of carbonyl (C=O) groups is 1. The van der Waals surface area contributed by atoms with E-state index in [-0.39, 0.29) is 5.91 Å². The second kappa shape index (κ2) is 10.3. The fourth-order valence-corrected chi connectivity index (χ4v) is 3.73. The van der Waals surface area contributed by atoms with Crippen molar-refractivity contribution in [3.8, 4) is 0 Å². The van der Waals surface area contributed by atoms with Gasteiger partial charge in [-0.1, -0.05) is 23.7 Å². The molecule has 1 aromatic carbocycles. The van der Waals surface area contributed by atoms with E-state index in [0.29, 0.717) is 23.9 Å². The van der Waals surface area contributed by atoms with Crippen LogP contribution < -0.4 is 15.5 Å². The van der Waals surface area contributed by atoms with Crippen molar-refractivity contribution in [1.29, 1.82) is 0 Å². The topological polar surface area (TPSA) is 70.2 Å². The number of anilines is 2. The van der Waals surface area contributed by atoms with E-state index in [1.165, 1.54) is 0 Å². The minimum atomic E-state index is 0.105. The zero-order valence-corrected chi connectivity index (χ0v) is 17.1. The lowest BCUT2D eigenvalue weighted by Gasteiger charge is -2.32. The van der Waals surface area contributed by atoms with E-state index in [2.05, 4.69) is 32.4 Å². The maximum Gasteiger partial charge on any atom is 0.220 e. The van der Waals surface area contributed by atoms with Gasteiger partial charge < -0.3 is 15.5 Å². The molecular formula is C21H28ClN5O. The predicted molar refractivity (Wildman–Crippen MR) is 114 cm³/mol. The molecule has 2 aromatic rings. The molecule has 28 heavy (non-hydrogen) atoms. The van der Waals surface area contributed by atoms with E-state index < -0.39 is 0 Å². The van der Waals surface area contributed by atoms with E-state index in [4.69, 9.17) is 11.6 Å². The summed E-state index contributed by atoms with van der Waals surface area (Å²) >= 11 is 5.98. The van der Waals surface area contributed by atoms with Crippen LogP contribution in [0.25, 0.3) is 0 Å². The Bertz CT molecular complexity index is 777. The van der Waals surface area contributed by atoms with Crippen LogP contribution >= 0.6 is 11.6 Å². The molecule has 0 atom stereocenters. The van der Waals surface area contributed by atoms with Gasteiger partial charge in [0.2, 0.25) is 5.91 Å². The predicted octanol–water partition coefficient (Wildman–Crippen LogP) is 3.87. The first-order valence-electron chi connectivity index (χ1n) is 9.96. The molecule has 0 saturated carbocycles. The lowest BCUT2D eigenvalue weighted by Crippen LogP contribution is -2.34. The average molecular weight is 402 g/mol. The Labute approximate surface area is 171 Å². The number of nitrogens with zero attached hydrogens (tertiary/aromatic N) is 3. The number of hydrogen-bond donors (Lipinski definition) is 2. The van der Waals surface area contributed by atoms with Crippen LogP contribution in [0.2, 0.25) is 5.02 Å². The summed E-state index contributed by atoms with van der Waals surface area (Å²) in [5.41, 5.74) is 1.02. The standard InChI is InChI=1S/C21H28ClN5O/c1-2-23-19-13-20(26-15-25-19)27-10-8-16(9-11-27)6-7-21(28)24-14-17-4-3-5-18(22)12-17/h3-5,12-13,15-16H,2,6-11,14H2,1H3,(H,24,28)(H,23,25,26). The molecule has 2 N–H and O–H groups in total. The Balaban J connectivity index is 1.38. The van der Waals surface area contributed by atoms with Crippen molar-refractivity contribution in [3.63, 3.8) is 0 Å². The Kier molecular flexibility index (Phi) is 7.48. The summed E-state index contributed by atoms with van der Waals surface area (Å²) in [5, 5.41) is 6.91. The molecule has 0 bridgehead atoms. The zero-order valence-electron chi connectivity index (χ0n) is 16.3. The molecule has 1 aromatic heterocycles. The Morgan fingerprint density at radius 2 is 2.07 bits per heavy atom. The Morgan fingerprint density at radius 3 is 2.82 bits per heavy atom. The number of halogens is 1. The van der Waals surface area contributed by atoms with E-state index >= 15 is 0 Å². The Hall–Kier alpha value is -2.34.